The maximum absolute atomic E-state index is 13.4. The zero-order valence-corrected chi connectivity index (χ0v) is 9.61. The summed E-state index contributed by atoms with van der Waals surface area (Å²) in [4.78, 5) is 11.9. The second-order valence-electron chi connectivity index (χ2n) is 4.42. The van der Waals surface area contributed by atoms with E-state index in [2.05, 4.69) is 15.5 Å². The molecule has 0 unspecified atom stereocenters. The average Bonchev–Trinajstić information content (AvgIpc) is 3.10. The van der Waals surface area contributed by atoms with E-state index in [0.717, 1.165) is 18.5 Å². The van der Waals surface area contributed by atoms with E-state index >= 15 is 0 Å². The molecule has 0 saturated heterocycles. The van der Waals surface area contributed by atoms with Gasteiger partial charge in [-0.05, 0) is 31.0 Å². The molecule has 0 spiro atoms. The van der Waals surface area contributed by atoms with E-state index < -0.39 is 11.7 Å². The number of para-hydroxylation sites is 1. The number of nitrogens with one attached hydrogen (secondary N) is 2. The SMILES string of the molecule is O=C(Nc1ccccc1F)c1cc(C2CC2)[nH]n1. The van der Waals surface area contributed by atoms with Crippen LogP contribution in [0.4, 0.5) is 10.1 Å². The second kappa shape index (κ2) is 4.25. The first-order valence-electron chi connectivity index (χ1n) is 5.85. The van der Waals surface area contributed by atoms with Gasteiger partial charge in [0.1, 0.15) is 5.82 Å². The number of hydrogen-bond donors (Lipinski definition) is 2. The number of aromatic nitrogens is 2. The summed E-state index contributed by atoms with van der Waals surface area (Å²) in [5.74, 6) is -0.348. The normalized spacial score (nSPS) is 14.5. The van der Waals surface area contributed by atoms with Gasteiger partial charge in [-0.15, -0.1) is 0 Å². The summed E-state index contributed by atoms with van der Waals surface area (Å²) < 4.78 is 13.4. The van der Waals surface area contributed by atoms with Crippen LogP contribution in [0.25, 0.3) is 0 Å². The molecule has 5 heteroatoms. The molecule has 92 valence electrons. The fourth-order valence-corrected chi connectivity index (χ4v) is 1.81. The Labute approximate surface area is 103 Å². The number of carbonyl (C=O) groups excluding carboxylic acids is 1. The summed E-state index contributed by atoms with van der Waals surface area (Å²) in [7, 11) is 0. The van der Waals surface area contributed by atoms with Crippen molar-refractivity contribution in [3.63, 3.8) is 0 Å². The van der Waals surface area contributed by atoms with Gasteiger partial charge in [-0.2, -0.15) is 5.10 Å². The van der Waals surface area contributed by atoms with E-state index in [4.69, 9.17) is 0 Å². The van der Waals surface area contributed by atoms with Gasteiger partial charge in [0.05, 0.1) is 5.69 Å². The Hall–Kier alpha value is -2.17. The largest absolute Gasteiger partial charge is 0.318 e. The number of hydrogen-bond acceptors (Lipinski definition) is 2. The molecule has 1 saturated carbocycles. The molecule has 1 aliphatic carbocycles. The van der Waals surface area contributed by atoms with E-state index in [-0.39, 0.29) is 5.69 Å². The summed E-state index contributed by atoms with van der Waals surface area (Å²) in [5.41, 5.74) is 1.44. The number of amides is 1. The first kappa shape index (κ1) is 11.0. The zero-order valence-electron chi connectivity index (χ0n) is 9.61. The van der Waals surface area contributed by atoms with E-state index in [1.54, 1.807) is 18.2 Å². The molecule has 4 nitrogen and oxygen atoms in total. The number of rotatable bonds is 3. The molecule has 0 bridgehead atoms. The predicted molar refractivity (Wildman–Crippen MR) is 64.9 cm³/mol. The molecule has 1 aliphatic rings. The Morgan fingerprint density at radius 2 is 2.17 bits per heavy atom. The Morgan fingerprint density at radius 3 is 2.89 bits per heavy atom. The predicted octanol–water partition coefficient (Wildman–Crippen LogP) is 2.68. The maximum atomic E-state index is 13.4. The van der Waals surface area contributed by atoms with Crippen LogP contribution >= 0.6 is 0 Å². The molecule has 1 aromatic carbocycles. The molecule has 3 rings (SSSR count). The number of anilines is 1. The van der Waals surface area contributed by atoms with Crippen molar-refractivity contribution in [2.75, 3.05) is 5.32 Å². The van der Waals surface area contributed by atoms with Crippen LogP contribution in [-0.4, -0.2) is 16.1 Å². The maximum Gasteiger partial charge on any atom is 0.276 e. The van der Waals surface area contributed by atoms with Crippen molar-refractivity contribution in [3.05, 3.63) is 47.5 Å². The van der Waals surface area contributed by atoms with E-state index in [0.29, 0.717) is 11.6 Å². The lowest BCUT2D eigenvalue weighted by molar-refractivity contribution is 0.102. The Kier molecular flexibility index (Phi) is 2.59. The Morgan fingerprint density at radius 1 is 1.39 bits per heavy atom. The highest BCUT2D eigenvalue weighted by Crippen LogP contribution is 2.39. The quantitative estimate of drug-likeness (QED) is 0.873. The first-order chi connectivity index (χ1) is 8.74. The third-order valence-corrected chi connectivity index (χ3v) is 2.97. The molecule has 0 aliphatic heterocycles. The minimum absolute atomic E-state index is 0.165. The number of benzene rings is 1. The van der Waals surface area contributed by atoms with Crippen molar-refractivity contribution in [1.82, 2.24) is 10.2 Å². The van der Waals surface area contributed by atoms with Gasteiger partial charge in [-0.3, -0.25) is 9.89 Å². The third kappa shape index (κ3) is 2.11. The Bertz CT molecular complexity index is 589. The minimum atomic E-state index is -0.455. The van der Waals surface area contributed by atoms with Crippen LogP contribution in [-0.2, 0) is 0 Å². The average molecular weight is 245 g/mol. The fraction of sp³-hybridized carbons (Fsp3) is 0.231. The number of H-pyrrole nitrogens is 1. The van der Waals surface area contributed by atoms with Gasteiger partial charge in [0.2, 0.25) is 0 Å². The molecule has 2 N–H and O–H groups in total. The molecule has 2 aromatic rings. The van der Waals surface area contributed by atoms with Gasteiger partial charge < -0.3 is 5.32 Å². The van der Waals surface area contributed by atoms with Crippen molar-refractivity contribution in [1.29, 1.82) is 0 Å². The summed E-state index contributed by atoms with van der Waals surface area (Å²) in [6, 6.07) is 7.79. The molecule has 1 heterocycles. The molecule has 0 atom stereocenters. The number of carbonyl (C=O) groups is 1. The molecule has 18 heavy (non-hydrogen) atoms. The number of nitrogens with zero attached hydrogens (tertiary/aromatic N) is 1. The molecule has 1 aromatic heterocycles. The van der Waals surface area contributed by atoms with Crippen LogP contribution in [0, 0.1) is 5.82 Å². The van der Waals surface area contributed by atoms with E-state index in [1.807, 2.05) is 0 Å². The lowest BCUT2D eigenvalue weighted by Crippen LogP contribution is -2.13. The van der Waals surface area contributed by atoms with Crippen molar-refractivity contribution >= 4 is 11.6 Å². The van der Waals surface area contributed by atoms with Crippen molar-refractivity contribution in [2.45, 2.75) is 18.8 Å². The summed E-state index contributed by atoms with van der Waals surface area (Å²) in [6.45, 7) is 0. The van der Waals surface area contributed by atoms with Crippen LogP contribution in [0.1, 0.15) is 34.9 Å². The van der Waals surface area contributed by atoms with Gasteiger partial charge in [0.25, 0.3) is 5.91 Å². The monoisotopic (exact) mass is 245 g/mol. The molecular formula is C13H12FN3O. The van der Waals surface area contributed by atoms with Crippen molar-refractivity contribution in [2.24, 2.45) is 0 Å². The highest BCUT2D eigenvalue weighted by atomic mass is 19.1. The molecular weight excluding hydrogens is 233 g/mol. The van der Waals surface area contributed by atoms with E-state index in [9.17, 15) is 9.18 Å². The Balaban J connectivity index is 1.76. The summed E-state index contributed by atoms with van der Waals surface area (Å²) in [6.07, 6.45) is 2.27. The second-order valence-corrected chi connectivity index (χ2v) is 4.42. The van der Waals surface area contributed by atoms with Crippen LogP contribution in [0.15, 0.2) is 30.3 Å². The lowest BCUT2D eigenvalue weighted by Gasteiger charge is -2.03. The highest BCUT2D eigenvalue weighted by molar-refractivity contribution is 6.02. The summed E-state index contributed by atoms with van der Waals surface area (Å²) >= 11 is 0. The standard InChI is InChI=1S/C13H12FN3O/c14-9-3-1-2-4-10(9)15-13(18)12-7-11(16-17-12)8-5-6-8/h1-4,7-8H,5-6H2,(H,15,18)(H,16,17). The first-order valence-corrected chi connectivity index (χ1v) is 5.85. The fourth-order valence-electron chi connectivity index (χ4n) is 1.81. The minimum Gasteiger partial charge on any atom is -0.318 e. The van der Waals surface area contributed by atoms with Gasteiger partial charge >= 0.3 is 0 Å². The molecule has 1 amide bonds. The number of aromatic amines is 1. The van der Waals surface area contributed by atoms with Crippen molar-refractivity contribution in [3.8, 4) is 0 Å². The lowest BCUT2D eigenvalue weighted by atomic mass is 10.2. The molecule has 1 fully saturated rings. The van der Waals surface area contributed by atoms with Gasteiger partial charge in [0, 0.05) is 11.6 Å². The van der Waals surface area contributed by atoms with Crippen LogP contribution in [0.5, 0.6) is 0 Å². The number of halogens is 1. The van der Waals surface area contributed by atoms with Crippen LogP contribution < -0.4 is 5.32 Å². The van der Waals surface area contributed by atoms with Crippen molar-refractivity contribution < 1.29 is 9.18 Å². The third-order valence-electron chi connectivity index (χ3n) is 2.97. The van der Waals surface area contributed by atoms with Crippen LogP contribution in [0.2, 0.25) is 0 Å². The van der Waals surface area contributed by atoms with Gasteiger partial charge in [-0.1, -0.05) is 12.1 Å². The topological polar surface area (TPSA) is 57.8 Å². The zero-order chi connectivity index (χ0) is 12.5. The van der Waals surface area contributed by atoms with E-state index in [1.165, 1.54) is 12.1 Å². The highest BCUT2D eigenvalue weighted by Gasteiger charge is 2.26. The summed E-state index contributed by atoms with van der Waals surface area (Å²) in [5, 5.41) is 9.29. The molecule has 0 radical (unpaired) electrons. The van der Waals surface area contributed by atoms with Gasteiger partial charge in [-0.25, -0.2) is 4.39 Å². The smallest absolute Gasteiger partial charge is 0.276 e. The van der Waals surface area contributed by atoms with Gasteiger partial charge in [0.15, 0.2) is 5.69 Å². The van der Waals surface area contributed by atoms with Crippen LogP contribution in [0.3, 0.4) is 0 Å².